The molecule has 1 aromatic rings. The van der Waals surface area contributed by atoms with Gasteiger partial charge in [0.2, 0.25) is 10.0 Å². The van der Waals surface area contributed by atoms with E-state index in [0.29, 0.717) is 6.54 Å². The second kappa shape index (κ2) is 5.44. The summed E-state index contributed by atoms with van der Waals surface area (Å²) in [6.07, 6.45) is 3.67. The van der Waals surface area contributed by atoms with E-state index < -0.39 is 16.0 Å². The van der Waals surface area contributed by atoms with Crippen LogP contribution in [-0.2, 0) is 21.4 Å². The first-order valence-corrected chi connectivity index (χ1v) is 7.41. The summed E-state index contributed by atoms with van der Waals surface area (Å²) in [6, 6.07) is 1.77. The lowest BCUT2D eigenvalue weighted by Crippen LogP contribution is -2.24. The average Bonchev–Trinajstić information content (AvgIpc) is 2.61. The number of hydrogen-bond donors (Lipinski definition) is 1. The smallest absolute Gasteiger partial charge is 0.328 e. The van der Waals surface area contributed by atoms with E-state index in [1.54, 1.807) is 11.4 Å². The zero-order chi connectivity index (χ0) is 13.1. The number of hydrogen-bond acceptors (Lipinski definition) is 4. The highest BCUT2D eigenvalue weighted by molar-refractivity contribution is 7.88. The van der Waals surface area contributed by atoms with E-state index in [4.69, 9.17) is 5.11 Å². The molecule has 0 radical (unpaired) electrons. The van der Waals surface area contributed by atoms with Crippen LogP contribution in [0.5, 0.6) is 0 Å². The number of sulfonamides is 1. The summed E-state index contributed by atoms with van der Waals surface area (Å²) in [5.41, 5.74) is 0.759. The van der Waals surface area contributed by atoms with Gasteiger partial charge in [0.15, 0.2) is 0 Å². The van der Waals surface area contributed by atoms with Gasteiger partial charge in [-0.3, -0.25) is 0 Å². The van der Waals surface area contributed by atoms with Gasteiger partial charge in [-0.1, -0.05) is 0 Å². The van der Waals surface area contributed by atoms with Crippen molar-refractivity contribution >= 4 is 33.4 Å². The fourth-order valence-electron chi connectivity index (χ4n) is 1.07. The van der Waals surface area contributed by atoms with E-state index in [1.807, 2.05) is 0 Å². The summed E-state index contributed by atoms with van der Waals surface area (Å²) in [4.78, 5) is 11.2. The molecule has 0 unspecified atom stereocenters. The number of carboxylic acid groups (broad SMARTS) is 1. The molecular formula is C10H13NO4S2. The van der Waals surface area contributed by atoms with Crippen molar-refractivity contribution in [1.29, 1.82) is 0 Å². The van der Waals surface area contributed by atoms with E-state index in [-0.39, 0.29) is 0 Å². The fourth-order valence-corrected chi connectivity index (χ4v) is 2.43. The zero-order valence-corrected chi connectivity index (χ0v) is 11.1. The molecule has 5 nitrogen and oxygen atoms in total. The van der Waals surface area contributed by atoms with Gasteiger partial charge in [-0.2, -0.15) is 0 Å². The Morgan fingerprint density at radius 2 is 2.24 bits per heavy atom. The molecule has 0 saturated heterocycles. The molecule has 0 atom stereocenters. The molecule has 0 aliphatic rings. The highest BCUT2D eigenvalue weighted by Gasteiger charge is 2.12. The van der Waals surface area contributed by atoms with Crippen molar-refractivity contribution in [3.63, 3.8) is 0 Å². The molecule has 0 bridgehead atoms. The Balaban J connectivity index is 2.73. The maximum absolute atomic E-state index is 11.2. The van der Waals surface area contributed by atoms with Crippen LogP contribution < -0.4 is 0 Å². The molecule has 0 spiro atoms. The van der Waals surface area contributed by atoms with E-state index in [0.717, 1.165) is 22.8 Å². The Hall–Kier alpha value is -1.18. The minimum Gasteiger partial charge on any atom is -0.478 e. The first kappa shape index (κ1) is 13.9. The van der Waals surface area contributed by atoms with Crippen LogP contribution in [0.3, 0.4) is 0 Å². The van der Waals surface area contributed by atoms with Crippen LogP contribution in [0.1, 0.15) is 10.4 Å². The molecule has 0 aromatic carbocycles. The Labute approximate surface area is 104 Å². The molecule has 0 saturated carbocycles. The van der Waals surface area contributed by atoms with Crippen molar-refractivity contribution in [1.82, 2.24) is 4.31 Å². The van der Waals surface area contributed by atoms with Crippen LogP contribution in [0.4, 0.5) is 0 Å². The summed E-state index contributed by atoms with van der Waals surface area (Å²) in [6.45, 7) is 0.296. The Morgan fingerprint density at radius 1 is 1.59 bits per heavy atom. The fraction of sp³-hybridized carbons (Fsp3) is 0.300. The molecule has 17 heavy (non-hydrogen) atoms. The summed E-state index contributed by atoms with van der Waals surface area (Å²) in [7, 11) is -1.69. The van der Waals surface area contributed by atoms with Crippen molar-refractivity contribution in [3.8, 4) is 0 Å². The van der Waals surface area contributed by atoms with E-state index in [2.05, 4.69) is 0 Å². The highest BCUT2D eigenvalue weighted by Crippen LogP contribution is 2.18. The van der Waals surface area contributed by atoms with Gasteiger partial charge in [0.25, 0.3) is 0 Å². The Morgan fingerprint density at radius 3 is 2.76 bits per heavy atom. The summed E-state index contributed by atoms with van der Waals surface area (Å²) in [5.74, 6) is -1.01. The first-order chi connectivity index (χ1) is 7.79. The molecule has 0 amide bonds. The van der Waals surface area contributed by atoms with Crippen molar-refractivity contribution in [2.75, 3.05) is 13.3 Å². The van der Waals surface area contributed by atoms with Crippen LogP contribution in [0.25, 0.3) is 6.08 Å². The van der Waals surface area contributed by atoms with Gasteiger partial charge in [0, 0.05) is 24.5 Å². The zero-order valence-electron chi connectivity index (χ0n) is 9.45. The molecule has 0 aliphatic carbocycles. The number of carboxylic acids is 1. The predicted molar refractivity (Wildman–Crippen MR) is 67.3 cm³/mol. The van der Waals surface area contributed by atoms with Crippen molar-refractivity contribution < 1.29 is 18.3 Å². The normalized spacial score (nSPS) is 12.4. The number of rotatable bonds is 5. The lowest BCUT2D eigenvalue weighted by atomic mass is 10.3. The van der Waals surface area contributed by atoms with Crippen LogP contribution in [-0.4, -0.2) is 37.1 Å². The highest BCUT2D eigenvalue weighted by atomic mass is 32.2. The predicted octanol–water partition coefficient (Wildman–Crippen LogP) is 1.24. The van der Waals surface area contributed by atoms with Gasteiger partial charge in [-0.05, 0) is 23.1 Å². The summed E-state index contributed by atoms with van der Waals surface area (Å²) >= 11 is 1.40. The first-order valence-electron chi connectivity index (χ1n) is 4.69. The third-order valence-electron chi connectivity index (χ3n) is 2.04. The molecule has 1 aromatic heterocycles. The standard InChI is InChI=1S/C10H13NO4S2/c1-11(17(2,14)15)6-9-5-8(7-16-9)3-4-10(12)13/h3-5,7H,6H2,1-2H3,(H,12,13). The lowest BCUT2D eigenvalue weighted by Gasteiger charge is -2.11. The summed E-state index contributed by atoms with van der Waals surface area (Å²) in [5, 5.41) is 10.2. The second-order valence-electron chi connectivity index (χ2n) is 3.54. The molecule has 94 valence electrons. The van der Waals surface area contributed by atoms with Crippen LogP contribution in [0, 0.1) is 0 Å². The van der Waals surface area contributed by atoms with Gasteiger partial charge >= 0.3 is 5.97 Å². The maximum Gasteiger partial charge on any atom is 0.328 e. The van der Waals surface area contributed by atoms with Gasteiger partial charge in [0.1, 0.15) is 0 Å². The van der Waals surface area contributed by atoms with Crippen LogP contribution >= 0.6 is 11.3 Å². The molecule has 0 aliphatic heterocycles. The second-order valence-corrected chi connectivity index (χ2v) is 6.62. The third-order valence-corrected chi connectivity index (χ3v) is 4.24. The van der Waals surface area contributed by atoms with Gasteiger partial charge in [-0.15, -0.1) is 11.3 Å². The molecule has 1 heterocycles. The van der Waals surface area contributed by atoms with Gasteiger partial charge < -0.3 is 5.11 Å². The number of nitrogens with zero attached hydrogens (tertiary/aromatic N) is 1. The molecule has 0 fully saturated rings. The average molecular weight is 275 g/mol. The lowest BCUT2D eigenvalue weighted by molar-refractivity contribution is -0.131. The minimum absolute atomic E-state index is 0.296. The molecule has 1 rings (SSSR count). The largest absolute Gasteiger partial charge is 0.478 e. The third kappa shape index (κ3) is 4.68. The minimum atomic E-state index is -3.19. The SMILES string of the molecule is CN(Cc1cc(C=CC(=O)O)cs1)S(C)(=O)=O. The van der Waals surface area contributed by atoms with Crippen molar-refractivity contribution in [3.05, 3.63) is 28.0 Å². The van der Waals surface area contributed by atoms with Gasteiger partial charge in [-0.25, -0.2) is 17.5 Å². The topological polar surface area (TPSA) is 74.7 Å². The Kier molecular flexibility index (Phi) is 4.44. The quantitative estimate of drug-likeness (QED) is 0.820. The molecule has 1 N–H and O–H groups in total. The van der Waals surface area contributed by atoms with E-state index >= 15 is 0 Å². The van der Waals surface area contributed by atoms with E-state index in [9.17, 15) is 13.2 Å². The number of carbonyl (C=O) groups is 1. The van der Waals surface area contributed by atoms with Crippen molar-refractivity contribution in [2.24, 2.45) is 0 Å². The van der Waals surface area contributed by atoms with Crippen molar-refractivity contribution in [2.45, 2.75) is 6.54 Å². The Bertz CT molecular complexity index is 530. The van der Waals surface area contributed by atoms with Crippen LogP contribution in [0.15, 0.2) is 17.5 Å². The van der Waals surface area contributed by atoms with Crippen LogP contribution in [0.2, 0.25) is 0 Å². The monoisotopic (exact) mass is 275 g/mol. The number of aliphatic carboxylic acids is 1. The molecule has 7 heteroatoms. The van der Waals surface area contributed by atoms with Gasteiger partial charge in [0.05, 0.1) is 6.26 Å². The number of thiophene rings is 1. The molecular weight excluding hydrogens is 262 g/mol. The maximum atomic E-state index is 11.2. The van der Waals surface area contributed by atoms with E-state index in [1.165, 1.54) is 28.8 Å². The summed E-state index contributed by atoms with van der Waals surface area (Å²) < 4.78 is 23.6.